The summed E-state index contributed by atoms with van der Waals surface area (Å²) in [5.41, 5.74) is 0.271. The molecule has 1 N–H and O–H groups in total. The lowest BCUT2D eigenvalue weighted by Crippen LogP contribution is -2.35. The second-order valence-corrected chi connectivity index (χ2v) is 4.69. The van der Waals surface area contributed by atoms with Gasteiger partial charge in [-0.2, -0.15) is 0 Å². The summed E-state index contributed by atoms with van der Waals surface area (Å²) in [5, 5.41) is 29.3. The maximum Gasteiger partial charge on any atom is 0.290 e. The minimum absolute atomic E-state index is 0. The Hall–Kier alpha value is -2.26. The van der Waals surface area contributed by atoms with Gasteiger partial charge < -0.3 is 15.4 Å². The Morgan fingerprint density at radius 3 is 2.65 bits per heavy atom. The highest BCUT2D eigenvalue weighted by Crippen LogP contribution is 2.16. The second-order valence-electron chi connectivity index (χ2n) is 4.69. The van der Waals surface area contributed by atoms with Crippen LogP contribution in [0, 0.1) is 15.3 Å². The van der Waals surface area contributed by atoms with E-state index in [-0.39, 0.29) is 29.6 Å². The third-order valence-electron chi connectivity index (χ3n) is 3.39. The number of benzene rings is 1. The number of nitrogens with one attached hydrogen (secondary N) is 1. The molecule has 0 fully saturated rings. The van der Waals surface area contributed by atoms with Gasteiger partial charge in [-0.1, -0.05) is 13.8 Å². The number of halogens is 1. The molecule has 23 heavy (non-hydrogen) atoms. The number of anilines is 1. The van der Waals surface area contributed by atoms with Crippen molar-refractivity contribution in [2.45, 2.75) is 13.8 Å². The minimum atomic E-state index is -0.560. The predicted octanol–water partition coefficient (Wildman–Crippen LogP) is 1.35. The SMILES string of the molecule is CCN(CC)CCNc1nc2ccc([N+](=O)[O-])cc2[n+]([O-])n1.Cl. The van der Waals surface area contributed by atoms with E-state index < -0.39 is 4.92 Å². The van der Waals surface area contributed by atoms with Crippen LogP contribution in [0.4, 0.5) is 11.6 Å². The molecule has 0 spiro atoms. The fourth-order valence-electron chi connectivity index (χ4n) is 2.09. The van der Waals surface area contributed by atoms with Crippen molar-refractivity contribution < 1.29 is 9.77 Å². The van der Waals surface area contributed by atoms with Crippen molar-refractivity contribution >= 4 is 35.1 Å². The van der Waals surface area contributed by atoms with Gasteiger partial charge in [0.1, 0.15) is 5.52 Å². The van der Waals surface area contributed by atoms with Crippen molar-refractivity contribution in [2.75, 3.05) is 31.5 Å². The van der Waals surface area contributed by atoms with E-state index in [4.69, 9.17) is 0 Å². The maximum absolute atomic E-state index is 11.9. The molecule has 2 aromatic rings. The highest BCUT2D eigenvalue weighted by molar-refractivity contribution is 5.85. The van der Waals surface area contributed by atoms with E-state index in [1.165, 1.54) is 18.2 Å². The van der Waals surface area contributed by atoms with Crippen molar-refractivity contribution in [3.8, 4) is 0 Å². The minimum Gasteiger partial charge on any atom is -0.594 e. The normalized spacial score (nSPS) is 10.6. The summed E-state index contributed by atoms with van der Waals surface area (Å²) in [5.74, 6) is 0.212. The largest absolute Gasteiger partial charge is 0.594 e. The van der Waals surface area contributed by atoms with Crippen LogP contribution in [0.1, 0.15) is 13.8 Å². The molecular formula is C13H19ClN6O3. The Morgan fingerprint density at radius 1 is 1.35 bits per heavy atom. The summed E-state index contributed by atoms with van der Waals surface area (Å²) in [4.78, 5) is 16.9. The lowest BCUT2D eigenvalue weighted by molar-refractivity contribution is -0.641. The zero-order valence-corrected chi connectivity index (χ0v) is 13.7. The third kappa shape index (κ3) is 4.60. The van der Waals surface area contributed by atoms with Gasteiger partial charge in [0.2, 0.25) is 0 Å². The van der Waals surface area contributed by atoms with Crippen LogP contribution < -0.4 is 10.2 Å². The molecule has 0 aliphatic rings. The molecule has 0 amide bonds. The zero-order chi connectivity index (χ0) is 16.1. The van der Waals surface area contributed by atoms with Crippen molar-refractivity contribution in [1.82, 2.24) is 15.0 Å². The average molecular weight is 343 g/mol. The van der Waals surface area contributed by atoms with Crippen LogP contribution in [0.2, 0.25) is 0 Å². The number of nitro benzene ring substituents is 1. The fourth-order valence-corrected chi connectivity index (χ4v) is 2.09. The smallest absolute Gasteiger partial charge is 0.290 e. The Morgan fingerprint density at radius 2 is 2.04 bits per heavy atom. The number of hydrogen-bond acceptors (Lipinski definition) is 7. The van der Waals surface area contributed by atoms with Crippen LogP contribution >= 0.6 is 12.4 Å². The number of fused-ring (bicyclic) bond motifs is 1. The van der Waals surface area contributed by atoms with E-state index in [0.717, 1.165) is 19.6 Å². The van der Waals surface area contributed by atoms with E-state index in [1.54, 1.807) is 0 Å². The van der Waals surface area contributed by atoms with Crippen LogP contribution in [0.3, 0.4) is 0 Å². The molecule has 0 atom stereocenters. The summed E-state index contributed by atoms with van der Waals surface area (Å²) >= 11 is 0. The van der Waals surface area contributed by atoms with Crippen LogP contribution in [-0.4, -0.2) is 46.1 Å². The van der Waals surface area contributed by atoms with Gasteiger partial charge in [-0.3, -0.25) is 10.1 Å². The summed E-state index contributed by atoms with van der Waals surface area (Å²) in [6.45, 7) is 7.47. The van der Waals surface area contributed by atoms with Crippen molar-refractivity contribution in [3.63, 3.8) is 0 Å². The molecular weight excluding hydrogens is 324 g/mol. The van der Waals surface area contributed by atoms with Gasteiger partial charge in [-0.15, -0.1) is 12.4 Å². The first-order valence-corrected chi connectivity index (χ1v) is 7.07. The summed E-state index contributed by atoms with van der Waals surface area (Å²) in [7, 11) is 0. The monoisotopic (exact) mass is 342 g/mol. The molecule has 0 bridgehead atoms. The number of nitrogens with zero attached hydrogens (tertiary/aromatic N) is 5. The fraction of sp³-hybridized carbons (Fsp3) is 0.462. The molecule has 0 saturated heterocycles. The van der Waals surface area contributed by atoms with Gasteiger partial charge in [-0.05, 0) is 24.0 Å². The van der Waals surface area contributed by atoms with E-state index >= 15 is 0 Å². The molecule has 0 unspecified atom stereocenters. The Bertz CT molecular complexity index is 680. The summed E-state index contributed by atoms with van der Waals surface area (Å²) < 4.78 is 0. The van der Waals surface area contributed by atoms with Crippen LogP contribution in [0.25, 0.3) is 11.0 Å². The lowest BCUT2D eigenvalue weighted by Gasteiger charge is -2.17. The number of hydrogen-bond donors (Lipinski definition) is 1. The van der Waals surface area contributed by atoms with Crippen molar-refractivity contribution in [2.24, 2.45) is 0 Å². The van der Waals surface area contributed by atoms with Crippen LogP contribution in [-0.2, 0) is 0 Å². The van der Waals surface area contributed by atoms with Gasteiger partial charge in [0.05, 0.1) is 16.1 Å². The Balaban J connectivity index is 0.00000264. The maximum atomic E-state index is 11.9. The summed E-state index contributed by atoms with van der Waals surface area (Å²) in [6, 6.07) is 3.93. The van der Waals surface area contributed by atoms with Gasteiger partial charge in [0, 0.05) is 19.2 Å². The van der Waals surface area contributed by atoms with E-state index in [9.17, 15) is 15.3 Å². The molecule has 0 saturated carbocycles. The van der Waals surface area contributed by atoms with Gasteiger partial charge in [0.25, 0.3) is 17.2 Å². The first kappa shape index (κ1) is 18.8. The molecule has 126 valence electrons. The molecule has 1 aromatic heterocycles. The topological polar surface area (TPSA) is 111 Å². The quantitative estimate of drug-likeness (QED) is 0.350. The highest BCUT2D eigenvalue weighted by Gasteiger charge is 2.15. The molecule has 10 heteroatoms. The predicted molar refractivity (Wildman–Crippen MR) is 88.7 cm³/mol. The number of likely N-dealkylation sites (N-methyl/N-ethyl adjacent to an activating group) is 1. The van der Waals surface area contributed by atoms with Gasteiger partial charge in [0.15, 0.2) is 0 Å². The molecule has 1 aromatic carbocycles. The van der Waals surface area contributed by atoms with Gasteiger partial charge in [-0.25, -0.2) is 4.98 Å². The molecule has 0 aliphatic heterocycles. The Labute approximate surface area is 139 Å². The molecule has 0 radical (unpaired) electrons. The molecule has 2 rings (SSSR count). The van der Waals surface area contributed by atoms with E-state index in [2.05, 4.69) is 34.1 Å². The summed E-state index contributed by atoms with van der Waals surface area (Å²) in [6.07, 6.45) is 0. The third-order valence-corrected chi connectivity index (χ3v) is 3.39. The number of non-ortho nitro benzene ring substituents is 1. The molecule has 0 aliphatic carbocycles. The molecule has 1 heterocycles. The van der Waals surface area contributed by atoms with Crippen molar-refractivity contribution in [3.05, 3.63) is 33.5 Å². The lowest BCUT2D eigenvalue weighted by atomic mass is 10.3. The van der Waals surface area contributed by atoms with Crippen LogP contribution in [0.15, 0.2) is 18.2 Å². The number of rotatable bonds is 7. The highest BCUT2D eigenvalue weighted by atomic mass is 35.5. The number of aromatic nitrogens is 3. The van der Waals surface area contributed by atoms with E-state index in [1.807, 2.05) is 0 Å². The van der Waals surface area contributed by atoms with E-state index in [0.29, 0.717) is 16.9 Å². The standard InChI is InChI=1S/C13H18N6O3.ClH/c1-3-17(4-2)8-7-14-13-15-11-6-5-10(19(21)22)9-12(11)18(20)16-13;/h5-6,9H,3-4,7-8H2,1-2H3,(H,14,15,16);1H. The zero-order valence-electron chi connectivity index (χ0n) is 12.9. The average Bonchev–Trinajstić information content (AvgIpc) is 2.51. The van der Waals surface area contributed by atoms with Crippen LogP contribution in [0.5, 0.6) is 0 Å². The Kier molecular flexibility index (Phi) is 6.86. The number of nitro groups is 1. The molecule has 9 nitrogen and oxygen atoms in total. The van der Waals surface area contributed by atoms with Gasteiger partial charge >= 0.3 is 0 Å². The first-order chi connectivity index (χ1) is 10.5. The first-order valence-electron chi connectivity index (χ1n) is 7.07. The second kappa shape index (κ2) is 8.39. The van der Waals surface area contributed by atoms with Crippen molar-refractivity contribution in [1.29, 1.82) is 0 Å².